The van der Waals surface area contributed by atoms with Crippen LogP contribution < -0.4 is 5.73 Å². The topological polar surface area (TPSA) is 38.9 Å². The Labute approximate surface area is 62.7 Å². The Kier molecular flexibility index (Phi) is 3.01. The molecule has 0 aliphatic heterocycles. The molecule has 46 valence electrons. The van der Waals surface area contributed by atoms with E-state index in [-0.39, 0.29) is 17.0 Å². The van der Waals surface area contributed by atoms with Crippen LogP contribution in [0.3, 0.4) is 0 Å². The minimum absolute atomic E-state index is 0. The van der Waals surface area contributed by atoms with Gasteiger partial charge in [-0.1, -0.05) is 0 Å². The van der Waals surface area contributed by atoms with Crippen molar-refractivity contribution in [2.24, 2.45) is 0 Å². The van der Waals surface area contributed by atoms with Gasteiger partial charge in [-0.15, -0.1) is 17.0 Å². The van der Waals surface area contributed by atoms with Crippen molar-refractivity contribution in [3.05, 3.63) is 11.8 Å². The number of halogens is 1. The molecular weight excluding hydrogens is 188 g/mol. The van der Waals surface area contributed by atoms with Crippen molar-refractivity contribution in [1.29, 1.82) is 0 Å². The fraction of sp³-hybridized carbons (Fsp3) is 0.250. The third-order valence-electron chi connectivity index (χ3n) is 0.646. The number of hydrogen-bond donors (Lipinski definition) is 1. The predicted octanol–water partition coefficient (Wildman–Crippen LogP) is 1.61. The van der Waals surface area contributed by atoms with E-state index in [9.17, 15) is 0 Å². The first kappa shape index (κ1) is 7.91. The number of aromatic nitrogens is 1. The van der Waals surface area contributed by atoms with Crippen LogP contribution in [0.1, 0.15) is 5.69 Å². The number of anilines is 1. The summed E-state index contributed by atoms with van der Waals surface area (Å²) in [4.78, 5) is 0. The van der Waals surface area contributed by atoms with Crippen LogP contribution in [0.15, 0.2) is 6.07 Å². The largest absolute Gasteiger partial charge is 0.389 e. The van der Waals surface area contributed by atoms with Crippen LogP contribution in [0.5, 0.6) is 0 Å². The van der Waals surface area contributed by atoms with Crippen molar-refractivity contribution in [3.8, 4) is 0 Å². The Morgan fingerprint density at radius 3 is 2.50 bits per heavy atom. The molecule has 0 bridgehead atoms. The van der Waals surface area contributed by atoms with E-state index in [0.29, 0.717) is 0 Å². The van der Waals surface area contributed by atoms with E-state index in [4.69, 9.17) is 5.73 Å². The summed E-state index contributed by atoms with van der Waals surface area (Å²) in [5, 5.41) is 0.789. The predicted molar refractivity (Wildman–Crippen MR) is 41.6 cm³/mol. The van der Waals surface area contributed by atoms with E-state index < -0.39 is 0 Å². The SMILES string of the molecule is Br.Cc1cc(N)sn1. The molecule has 8 heavy (non-hydrogen) atoms. The second-order valence-corrected chi connectivity index (χ2v) is 2.21. The molecule has 1 aromatic rings. The molecule has 1 heterocycles. The molecule has 0 fully saturated rings. The van der Waals surface area contributed by atoms with Crippen LogP contribution >= 0.6 is 28.5 Å². The van der Waals surface area contributed by atoms with Crippen LogP contribution in [0, 0.1) is 6.92 Å². The number of aryl methyl sites for hydroxylation is 1. The maximum atomic E-state index is 5.33. The minimum Gasteiger partial charge on any atom is -0.389 e. The lowest BCUT2D eigenvalue weighted by Gasteiger charge is -1.68. The van der Waals surface area contributed by atoms with Crippen LogP contribution in [0.25, 0.3) is 0 Å². The molecule has 0 saturated heterocycles. The minimum atomic E-state index is 0. The van der Waals surface area contributed by atoms with Gasteiger partial charge in [-0.25, -0.2) is 0 Å². The summed E-state index contributed by atoms with van der Waals surface area (Å²) < 4.78 is 3.93. The van der Waals surface area contributed by atoms with Gasteiger partial charge < -0.3 is 5.73 Å². The second-order valence-electron chi connectivity index (χ2n) is 1.37. The van der Waals surface area contributed by atoms with Gasteiger partial charge in [-0.3, -0.25) is 0 Å². The summed E-state index contributed by atoms with van der Waals surface area (Å²) in [5.41, 5.74) is 6.34. The average molecular weight is 195 g/mol. The maximum absolute atomic E-state index is 5.33. The number of hydrogen-bond acceptors (Lipinski definition) is 3. The van der Waals surface area contributed by atoms with Gasteiger partial charge in [0.25, 0.3) is 0 Å². The van der Waals surface area contributed by atoms with Gasteiger partial charge in [0, 0.05) is 0 Å². The van der Waals surface area contributed by atoms with E-state index in [0.717, 1.165) is 10.7 Å². The molecule has 2 N–H and O–H groups in total. The number of nitrogens with two attached hydrogens (primary N) is 1. The highest BCUT2D eigenvalue weighted by molar-refractivity contribution is 8.93. The Morgan fingerprint density at radius 1 is 1.75 bits per heavy atom. The normalized spacial score (nSPS) is 8.12. The summed E-state index contributed by atoms with van der Waals surface area (Å²) in [6.07, 6.45) is 0. The third kappa shape index (κ3) is 1.79. The summed E-state index contributed by atoms with van der Waals surface area (Å²) in [5.74, 6) is 0. The van der Waals surface area contributed by atoms with Gasteiger partial charge in [-0.2, -0.15) is 4.37 Å². The first-order valence-corrected chi connectivity index (χ1v) is 2.75. The van der Waals surface area contributed by atoms with Gasteiger partial charge in [0.05, 0.1) is 5.69 Å². The molecule has 0 unspecified atom stereocenters. The van der Waals surface area contributed by atoms with E-state index >= 15 is 0 Å². The molecule has 1 rings (SSSR count). The van der Waals surface area contributed by atoms with Crippen molar-refractivity contribution in [2.45, 2.75) is 6.92 Å². The number of nitrogen functional groups attached to an aromatic ring is 1. The molecule has 0 radical (unpaired) electrons. The van der Waals surface area contributed by atoms with E-state index in [1.165, 1.54) is 11.5 Å². The smallest absolute Gasteiger partial charge is 0.107 e. The zero-order valence-electron chi connectivity index (χ0n) is 4.42. The molecule has 0 atom stereocenters. The fourth-order valence-corrected chi connectivity index (χ4v) is 0.909. The Morgan fingerprint density at radius 2 is 2.38 bits per heavy atom. The fourth-order valence-electron chi connectivity index (χ4n) is 0.383. The first-order chi connectivity index (χ1) is 3.29. The highest BCUT2D eigenvalue weighted by Crippen LogP contribution is 2.08. The summed E-state index contributed by atoms with van der Waals surface area (Å²) in [6.45, 7) is 1.92. The van der Waals surface area contributed by atoms with Gasteiger partial charge in [0.2, 0.25) is 0 Å². The lowest BCUT2D eigenvalue weighted by molar-refractivity contribution is 1.35. The van der Waals surface area contributed by atoms with Crippen LogP contribution in [0.2, 0.25) is 0 Å². The molecule has 0 amide bonds. The summed E-state index contributed by atoms with van der Waals surface area (Å²) in [7, 11) is 0. The van der Waals surface area contributed by atoms with Gasteiger partial charge in [0.15, 0.2) is 0 Å². The van der Waals surface area contributed by atoms with Crippen molar-refractivity contribution in [1.82, 2.24) is 4.37 Å². The number of nitrogens with zero attached hydrogens (tertiary/aromatic N) is 1. The van der Waals surface area contributed by atoms with Gasteiger partial charge >= 0.3 is 0 Å². The summed E-state index contributed by atoms with van der Waals surface area (Å²) >= 11 is 1.33. The van der Waals surface area contributed by atoms with Gasteiger partial charge in [0.1, 0.15) is 5.00 Å². The molecule has 4 heteroatoms. The highest BCUT2D eigenvalue weighted by Gasteiger charge is 1.87. The molecule has 0 spiro atoms. The van der Waals surface area contributed by atoms with E-state index in [1.54, 1.807) is 0 Å². The van der Waals surface area contributed by atoms with Crippen LogP contribution in [0.4, 0.5) is 5.00 Å². The first-order valence-electron chi connectivity index (χ1n) is 1.98. The van der Waals surface area contributed by atoms with E-state index in [2.05, 4.69) is 4.37 Å². The number of rotatable bonds is 0. The average Bonchev–Trinajstić information content (AvgIpc) is 1.87. The maximum Gasteiger partial charge on any atom is 0.107 e. The molecule has 2 nitrogen and oxygen atoms in total. The zero-order chi connectivity index (χ0) is 5.28. The Hall–Kier alpha value is -0.0900. The van der Waals surface area contributed by atoms with Crippen LogP contribution in [-0.2, 0) is 0 Å². The highest BCUT2D eigenvalue weighted by atomic mass is 79.9. The monoisotopic (exact) mass is 194 g/mol. The molecular formula is C4H7BrN2S. The molecule has 0 aromatic carbocycles. The van der Waals surface area contributed by atoms with Crippen molar-refractivity contribution in [3.63, 3.8) is 0 Å². The van der Waals surface area contributed by atoms with Crippen molar-refractivity contribution >= 4 is 33.5 Å². The van der Waals surface area contributed by atoms with Gasteiger partial charge in [-0.05, 0) is 24.5 Å². The third-order valence-corrected chi connectivity index (χ3v) is 1.35. The zero-order valence-corrected chi connectivity index (χ0v) is 6.95. The van der Waals surface area contributed by atoms with Crippen molar-refractivity contribution in [2.75, 3.05) is 5.73 Å². The molecule has 1 aromatic heterocycles. The molecule has 0 aliphatic carbocycles. The molecule has 0 aliphatic rings. The lowest BCUT2D eigenvalue weighted by Crippen LogP contribution is -1.73. The second kappa shape index (κ2) is 3.04. The van der Waals surface area contributed by atoms with E-state index in [1.807, 2.05) is 13.0 Å². The summed E-state index contributed by atoms with van der Waals surface area (Å²) in [6, 6.07) is 1.85. The molecule has 0 saturated carbocycles. The Bertz CT molecular complexity index is 146. The van der Waals surface area contributed by atoms with Crippen molar-refractivity contribution < 1.29 is 0 Å². The standard InChI is InChI=1S/C4H6N2S.BrH/c1-3-2-4(5)7-6-3;/h2H,5H2,1H3;1H. The van der Waals surface area contributed by atoms with Crippen LogP contribution in [-0.4, -0.2) is 4.37 Å². The Balaban J connectivity index is 0.000000490. The quantitative estimate of drug-likeness (QED) is 0.682. The lowest BCUT2D eigenvalue weighted by atomic mass is 10.5.